The molecule has 0 bridgehead atoms. The Morgan fingerprint density at radius 2 is 1.68 bits per heavy atom. The summed E-state index contributed by atoms with van der Waals surface area (Å²) < 4.78 is 0. The van der Waals surface area contributed by atoms with Crippen molar-refractivity contribution in [1.82, 2.24) is 20.1 Å². The third-order valence-electron chi connectivity index (χ3n) is 3.22. The molecular weight excluding hydrogens is 296 g/mol. The predicted molar refractivity (Wildman–Crippen MR) is 91.9 cm³/mol. The average molecular weight is 315 g/mol. The van der Waals surface area contributed by atoms with Gasteiger partial charge in [-0.05, 0) is 25.7 Å². The Hall–Kier alpha value is -2.17. The summed E-state index contributed by atoms with van der Waals surface area (Å²) in [4.78, 5) is 6.74. The third-order valence-corrected chi connectivity index (χ3v) is 3.22. The summed E-state index contributed by atoms with van der Waals surface area (Å²) in [5.74, 6) is 1.53. The van der Waals surface area contributed by atoms with E-state index in [9.17, 15) is 0 Å². The van der Waals surface area contributed by atoms with E-state index in [1.54, 1.807) is 0 Å². The molecule has 0 spiro atoms. The van der Waals surface area contributed by atoms with Gasteiger partial charge in [0.1, 0.15) is 0 Å². The lowest BCUT2D eigenvalue weighted by Crippen LogP contribution is -2.10. The molecule has 0 unspecified atom stereocenters. The van der Waals surface area contributed by atoms with Crippen molar-refractivity contribution in [3.05, 3.63) is 60.2 Å². The van der Waals surface area contributed by atoms with E-state index in [0.717, 1.165) is 29.3 Å². The van der Waals surface area contributed by atoms with Gasteiger partial charge in [0.25, 0.3) is 0 Å². The van der Waals surface area contributed by atoms with Crippen molar-refractivity contribution < 1.29 is 0 Å². The highest BCUT2D eigenvalue weighted by molar-refractivity contribution is 5.85. The van der Waals surface area contributed by atoms with E-state index in [4.69, 9.17) is 0 Å². The standard InChI is InChI=1S/C17H18N4.ClH/c1-21(2)12-13-7-6-10-15(11-13)17-18-16(19-20-17)14-8-4-3-5-9-14;/h3-11H,12H2,1-2H3,(H,18,19,20);1H. The molecule has 0 amide bonds. The summed E-state index contributed by atoms with van der Waals surface area (Å²) in [7, 11) is 4.12. The van der Waals surface area contributed by atoms with Crippen LogP contribution in [0.3, 0.4) is 0 Å². The number of aromatic amines is 1. The Kier molecular flexibility index (Phi) is 5.31. The van der Waals surface area contributed by atoms with E-state index in [-0.39, 0.29) is 12.4 Å². The Morgan fingerprint density at radius 1 is 0.955 bits per heavy atom. The molecule has 0 radical (unpaired) electrons. The van der Waals surface area contributed by atoms with Gasteiger partial charge in [-0.3, -0.25) is 5.10 Å². The van der Waals surface area contributed by atoms with Crippen LogP contribution in [0.2, 0.25) is 0 Å². The van der Waals surface area contributed by atoms with Crippen LogP contribution in [-0.2, 0) is 6.54 Å². The van der Waals surface area contributed by atoms with Crippen molar-refractivity contribution >= 4 is 12.4 Å². The molecule has 0 aliphatic heterocycles. The van der Waals surface area contributed by atoms with Crippen LogP contribution in [0.1, 0.15) is 5.56 Å². The second-order valence-electron chi connectivity index (χ2n) is 5.31. The molecule has 114 valence electrons. The Bertz CT molecular complexity index is 722. The van der Waals surface area contributed by atoms with Crippen LogP contribution >= 0.6 is 12.4 Å². The van der Waals surface area contributed by atoms with E-state index in [1.165, 1.54) is 5.56 Å². The number of hydrogen-bond donors (Lipinski definition) is 1. The molecule has 1 heterocycles. The average Bonchev–Trinajstić information content (AvgIpc) is 2.98. The van der Waals surface area contributed by atoms with E-state index < -0.39 is 0 Å². The minimum Gasteiger partial charge on any atom is -0.305 e. The van der Waals surface area contributed by atoms with Crippen LogP contribution in [0.15, 0.2) is 54.6 Å². The van der Waals surface area contributed by atoms with E-state index in [1.807, 2.05) is 42.5 Å². The Labute approximate surface area is 136 Å². The van der Waals surface area contributed by atoms with E-state index in [0.29, 0.717) is 0 Å². The maximum absolute atomic E-state index is 4.59. The van der Waals surface area contributed by atoms with Crippen LogP contribution < -0.4 is 0 Å². The number of nitrogens with zero attached hydrogens (tertiary/aromatic N) is 3. The molecule has 0 aliphatic carbocycles. The first-order chi connectivity index (χ1) is 10.2. The number of hydrogen-bond acceptors (Lipinski definition) is 3. The molecule has 2 aromatic carbocycles. The maximum Gasteiger partial charge on any atom is 0.181 e. The monoisotopic (exact) mass is 314 g/mol. The molecule has 0 aliphatic rings. The number of rotatable bonds is 4. The molecule has 0 saturated carbocycles. The van der Waals surface area contributed by atoms with Crippen molar-refractivity contribution in [1.29, 1.82) is 0 Å². The van der Waals surface area contributed by atoms with Crippen molar-refractivity contribution in [3.63, 3.8) is 0 Å². The highest BCUT2D eigenvalue weighted by atomic mass is 35.5. The van der Waals surface area contributed by atoms with Gasteiger partial charge in [-0.15, -0.1) is 12.4 Å². The SMILES string of the molecule is CN(C)Cc1cccc(-c2n[nH]c(-c3ccccc3)n2)c1.Cl. The van der Waals surface area contributed by atoms with Crippen LogP contribution in [0.25, 0.3) is 22.8 Å². The molecule has 0 fully saturated rings. The lowest BCUT2D eigenvalue weighted by molar-refractivity contribution is 0.402. The van der Waals surface area contributed by atoms with Gasteiger partial charge < -0.3 is 4.90 Å². The maximum atomic E-state index is 4.59. The second kappa shape index (κ2) is 7.20. The zero-order chi connectivity index (χ0) is 14.7. The lowest BCUT2D eigenvalue weighted by atomic mass is 10.1. The Balaban J connectivity index is 0.00000176. The second-order valence-corrected chi connectivity index (χ2v) is 5.31. The molecule has 1 aromatic heterocycles. The van der Waals surface area contributed by atoms with Crippen LogP contribution in [-0.4, -0.2) is 34.2 Å². The van der Waals surface area contributed by atoms with Gasteiger partial charge in [0.2, 0.25) is 0 Å². The number of nitrogens with one attached hydrogen (secondary N) is 1. The molecule has 1 N–H and O–H groups in total. The fraction of sp³-hybridized carbons (Fsp3) is 0.176. The predicted octanol–water partition coefficient (Wildman–Crippen LogP) is 3.62. The zero-order valence-electron chi connectivity index (χ0n) is 12.7. The summed E-state index contributed by atoms with van der Waals surface area (Å²) in [5.41, 5.74) is 3.33. The molecule has 4 nitrogen and oxygen atoms in total. The van der Waals surface area contributed by atoms with Gasteiger partial charge in [0, 0.05) is 17.7 Å². The van der Waals surface area contributed by atoms with Gasteiger partial charge in [-0.1, -0.05) is 48.5 Å². The minimum atomic E-state index is 0. The quantitative estimate of drug-likeness (QED) is 0.800. The molecular formula is C17H19ClN4. The summed E-state index contributed by atoms with van der Waals surface area (Å²) in [6, 6.07) is 18.4. The first kappa shape index (κ1) is 16.2. The molecule has 0 saturated heterocycles. The van der Waals surface area contributed by atoms with Crippen LogP contribution in [0, 0.1) is 0 Å². The fourth-order valence-electron chi connectivity index (χ4n) is 2.29. The van der Waals surface area contributed by atoms with Crippen molar-refractivity contribution in [2.75, 3.05) is 14.1 Å². The highest BCUT2D eigenvalue weighted by Gasteiger charge is 2.08. The number of aromatic nitrogens is 3. The summed E-state index contributed by atoms with van der Waals surface area (Å²) in [5, 5.41) is 7.34. The number of H-pyrrole nitrogens is 1. The summed E-state index contributed by atoms with van der Waals surface area (Å²) in [6.07, 6.45) is 0. The molecule has 3 aromatic rings. The van der Waals surface area contributed by atoms with Gasteiger partial charge in [-0.2, -0.15) is 5.10 Å². The highest BCUT2D eigenvalue weighted by Crippen LogP contribution is 2.20. The lowest BCUT2D eigenvalue weighted by Gasteiger charge is -2.09. The van der Waals surface area contributed by atoms with Crippen molar-refractivity contribution in [2.24, 2.45) is 0 Å². The van der Waals surface area contributed by atoms with Crippen LogP contribution in [0.5, 0.6) is 0 Å². The van der Waals surface area contributed by atoms with Gasteiger partial charge in [0.05, 0.1) is 0 Å². The van der Waals surface area contributed by atoms with Gasteiger partial charge >= 0.3 is 0 Å². The smallest absolute Gasteiger partial charge is 0.181 e. The zero-order valence-corrected chi connectivity index (χ0v) is 13.5. The topological polar surface area (TPSA) is 44.8 Å². The number of benzene rings is 2. The van der Waals surface area contributed by atoms with Crippen molar-refractivity contribution in [2.45, 2.75) is 6.54 Å². The minimum absolute atomic E-state index is 0. The van der Waals surface area contributed by atoms with Crippen molar-refractivity contribution in [3.8, 4) is 22.8 Å². The fourth-order valence-corrected chi connectivity index (χ4v) is 2.29. The van der Waals surface area contributed by atoms with Gasteiger partial charge in [-0.25, -0.2) is 4.98 Å². The molecule has 22 heavy (non-hydrogen) atoms. The van der Waals surface area contributed by atoms with E-state index >= 15 is 0 Å². The van der Waals surface area contributed by atoms with Crippen LogP contribution in [0.4, 0.5) is 0 Å². The summed E-state index contributed by atoms with van der Waals surface area (Å²) >= 11 is 0. The first-order valence-electron chi connectivity index (χ1n) is 6.94. The summed E-state index contributed by atoms with van der Waals surface area (Å²) in [6.45, 7) is 0.907. The Morgan fingerprint density at radius 3 is 2.41 bits per heavy atom. The molecule has 3 rings (SSSR count). The largest absolute Gasteiger partial charge is 0.305 e. The van der Waals surface area contributed by atoms with Gasteiger partial charge in [0.15, 0.2) is 11.6 Å². The molecule has 5 heteroatoms. The third kappa shape index (κ3) is 3.72. The molecule has 0 atom stereocenters. The number of halogens is 1. The normalized spacial score (nSPS) is 10.5. The first-order valence-corrected chi connectivity index (χ1v) is 6.94. The van der Waals surface area contributed by atoms with E-state index in [2.05, 4.69) is 46.3 Å².